The lowest BCUT2D eigenvalue weighted by Crippen LogP contribution is -2.34. The van der Waals surface area contributed by atoms with Gasteiger partial charge in [0.25, 0.3) is 5.91 Å². The number of hydrogen-bond donors (Lipinski definition) is 2. The molecule has 0 aliphatic rings. The molecule has 0 aliphatic carbocycles. The van der Waals surface area contributed by atoms with Crippen LogP contribution in [-0.4, -0.2) is 11.0 Å². The fourth-order valence-electron chi connectivity index (χ4n) is 2.13. The molecule has 22 heavy (non-hydrogen) atoms. The summed E-state index contributed by atoms with van der Waals surface area (Å²) >= 11 is 8.70. The topological polar surface area (TPSA) is 41.1 Å². The average molecular weight is 377 g/mol. The Morgan fingerprint density at radius 3 is 2.14 bits per heavy atom. The van der Waals surface area contributed by atoms with Crippen molar-refractivity contribution in [1.82, 2.24) is 5.32 Å². The number of halogens is 1. The van der Waals surface area contributed by atoms with E-state index in [1.165, 1.54) is 0 Å². The number of carbonyl (C=O) groups is 1. The molecule has 114 valence electrons. The predicted molar refractivity (Wildman–Crippen MR) is 98.5 cm³/mol. The number of aryl methyl sites for hydroxylation is 3. The second-order valence-corrected chi connectivity index (χ2v) is 6.51. The van der Waals surface area contributed by atoms with Crippen molar-refractivity contribution in [1.29, 1.82) is 0 Å². The molecule has 3 nitrogen and oxygen atoms in total. The number of nitrogens with one attached hydrogen (secondary N) is 2. The van der Waals surface area contributed by atoms with Gasteiger partial charge < -0.3 is 5.32 Å². The van der Waals surface area contributed by atoms with Crippen molar-refractivity contribution in [2.45, 2.75) is 20.8 Å². The Bertz CT molecular complexity index is 703. The van der Waals surface area contributed by atoms with Crippen LogP contribution >= 0.6 is 28.1 Å². The van der Waals surface area contributed by atoms with Gasteiger partial charge in [-0.25, -0.2) is 0 Å². The van der Waals surface area contributed by atoms with E-state index in [4.69, 9.17) is 12.2 Å². The Labute approximate surface area is 144 Å². The lowest BCUT2D eigenvalue weighted by atomic mass is 10.1. The second kappa shape index (κ2) is 7.03. The third-order valence-electron chi connectivity index (χ3n) is 3.28. The van der Waals surface area contributed by atoms with Crippen LogP contribution in [0.25, 0.3) is 0 Å². The number of amides is 1. The summed E-state index contributed by atoms with van der Waals surface area (Å²) < 4.78 is 1.02. The SMILES string of the molecule is Cc1ccc(C(=O)NC(=S)Nc2c(C)cc(Br)cc2C)cc1. The minimum atomic E-state index is -0.218. The van der Waals surface area contributed by atoms with Crippen LogP contribution in [0.4, 0.5) is 5.69 Å². The van der Waals surface area contributed by atoms with Crippen molar-refractivity contribution in [2.75, 3.05) is 5.32 Å². The van der Waals surface area contributed by atoms with Crippen LogP contribution in [0.2, 0.25) is 0 Å². The molecule has 2 aromatic carbocycles. The quantitative estimate of drug-likeness (QED) is 0.758. The third kappa shape index (κ3) is 4.15. The Hall–Kier alpha value is -1.72. The highest BCUT2D eigenvalue weighted by Crippen LogP contribution is 2.25. The van der Waals surface area contributed by atoms with Gasteiger partial charge in [0, 0.05) is 15.7 Å². The standard InChI is InChI=1S/C17H17BrN2OS/c1-10-4-6-13(7-5-10)16(21)20-17(22)19-15-11(2)8-14(18)9-12(15)3/h4-9H,1-3H3,(H2,19,20,21,22). The normalized spacial score (nSPS) is 10.2. The van der Waals surface area contributed by atoms with Crippen LogP contribution in [0, 0.1) is 20.8 Å². The molecule has 0 heterocycles. The molecule has 0 atom stereocenters. The third-order valence-corrected chi connectivity index (χ3v) is 3.94. The zero-order valence-electron chi connectivity index (χ0n) is 12.7. The van der Waals surface area contributed by atoms with E-state index in [9.17, 15) is 4.79 Å². The van der Waals surface area contributed by atoms with Gasteiger partial charge in [0.15, 0.2) is 5.11 Å². The van der Waals surface area contributed by atoms with E-state index in [0.29, 0.717) is 10.7 Å². The molecule has 2 N–H and O–H groups in total. The summed E-state index contributed by atoms with van der Waals surface area (Å²) in [6.07, 6.45) is 0. The monoisotopic (exact) mass is 376 g/mol. The maximum absolute atomic E-state index is 12.1. The van der Waals surface area contributed by atoms with E-state index in [1.54, 1.807) is 12.1 Å². The van der Waals surface area contributed by atoms with Crippen LogP contribution in [0.5, 0.6) is 0 Å². The van der Waals surface area contributed by atoms with Crippen molar-refractivity contribution >= 4 is 44.9 Å². The zero-order chi connectivity index (χ0) is 16.3. The molecule has 0 aliphatic heterocycles. The van der Waals surface area contributed by atoms with Gasteiger partial charge in [-0.3, -0.25) is 10.1 Å². The van der Waals surface area contributed by atoms with Gasteiger partial charge in [0.05, 0.1) is 0 Å². The van der Waals surface area contributed by atoms with Crippen molar-refractivity contribution in [2.24, 2.45) is 0 Å². The number of rotatable bonds is 2. The number of benzene rings is 2. The summed E-state index contributed by atoms with van der Waals surface area (Å²) in [5, 5.41) is 6.09. The van der Waals surface area contributed by atoms with Crippen LogP contribution < -0.4 is 10.6 Å². The van der Waals surface area contributed by atoms with Gasteiger partial charge in [-0.05, 0) is 68.4 Å². The van der Waals surface area contributed by atoms with Gasteiger partial charge in [-0.2, -0.15) is 0 Å². The molecule has 0 fully saturated rings. The summed E-state index contributed by atoms with van der Waals surface area (Å²) in [5.41, 5.74) is 4.72. The summed E-state index contributed by atoms with van der Waals surface area (Å²) in [7, 11) is 0. The predicted octanol–water partition coefficient (Wildman–Crippen LogP) is 4.50. The van der Waals surface area contributed by atoms with E-state index in [-0.39, 0.29) is 5.91 Å². The molecule has 0 radical (unpaired) electrons. The molecule has 0 bridgehead atoms. The minimum absolute atomic E-state index is 0.218. The lowest BCUT2D eigenvalue weighted by Gasteiger charge is -2.14. The Balaban J connectivity index is 2.07. The Kier molecular flexibility index (Phi) is 5.32. The highest BCUT2D eigenvalue weighted by atomic mass is 79.9. The second-order valence-electron chi connectivity index (χ2n) is 5.19. The highest BCUT2D eigenvalue weighted by Gasteiger charge is 2.10. The first-order valence-electron chi connectivity index (χ1n) is 6.82. The van der Waals surface area contributed by atoms with Gasteiger partial charge in [-0.15, -0.1) is 0 Å². The average Bonchev–Trinajstić information content (AvgIpc) is 2.43. The number of hydrogen-bond acceptors (Lipinski definition) is 2. The summed E-state index contributed by atoms with van der Waals surface area (Å²) in [5.74, 6) is -0.218. The number of anilines is 1. The molecule has 0 unspecified atom stereocenters. The van der Waals surface area contributed by atoms with Crippen molar-refractivity contribution in [3.63, 3.8) is 0 Å². The largest absolute Gasteiger partial charge is 0.332 e. The fraction of sp³-hybridized carbons (Fsp3) is 0.176. The Morgan fingerprint density at radius 1 is 1.05 bits per heavy atom. The van der Waals surface area contributed by atoms with E-state index in [0.717, 1.165) is 26.9 Å². The van der Waals surface area contributed by atoms with Gasteiger partial charge in [0.1, 0.15) is 0 Å². The summed E-state index contributed by atoms with van der Waals surface area (Å²) in [6, 6.07) is 11.4. The first-order valence-corrected chi connectivity index (χ1v) is 8.02. The first kappa shape index (κ1) is 16.6. The molecular weight excluding hydrogens is 360 g/mol. The van der Waals surface area contributed by atoms with Crippen molar-refractivity contribution in [3.05, 3.63) is 63.1 Å². The molecule has 0 aromatic heterocycles. The molecule has 0 saturated carbocycles. The highest BCUT2D eigenvalue weighted by molar-refractivity contribution is 9.10. The maximum atomic E-state index is 12.1. The summed E-state index contributed by atoms with van der Waals surface area (Å²) in [4.78, 5) is 12.1. The molecule has 1 amide bonds. The van der Waals surface area contributed by atoms with Crippen molar-refractivity contribution in [3.8, 4) is 0 Å². The fourth-order valence-corrected chi connectivity index (χ4v) is 3.01. The molecule has 0 saturated heterocycles. The number of carbonyl (C=O) groups excluding carboxylic acids is 1. The van der Waals surface area contributed by atoms with Gasteiger partial charge in [0.2, 0.25) is 0 Å². The zero-order valence-corrected chi connectivity index (χ0v) is 15.1. The van der Waals surface area contributed by atoms with Crippen molar-refractivity contribution < 1.29 is 4.79 Å². The molecular formula is C17H17BrN2OS. The van der Waals surface area contributed by atoms with Crippen LogP contribution in [0.3, 0.4) is 0 Å². The molecule has 2 aromatic rings. The molecule has 5 heteroatoms. The molecule has 0 spiro atoms. The maximum Gasteiger partial charge on any atom is 0.257 e. The van der Waals surface area contributed by atoms with Crippen LogP contribution in [-0.2, 0) is 0 Å². The van der Waals surface area contributed by atoms with E-state index in [1.807, 2.05) is 45.0 Å². The lowest BCUT2D eigenvalue weighted by molar-refractivity contribution is 0.0977. The van der Waals surface area contributed by atoms with E-state index >= 15 is 0 Å². The minimum Gasteiger partial charge on any atom is -0.332 e. The first-order chi connectivity index (χ1) is 10.4. The van der Waals surface area contributed by atoms with Crippen LogP contribution in [0.15, 0.2) is 40.9 Å². The summed E-state index contributed by atoms with van der Waals surface area (Å²) in [6.45, 7) is 5.96. The van der Waals surface area contributed by atoms with E-state index < -0.39 is 0 Å². The molecule has 2 rings (SSSR count). The Morgan fingerprint density at radius 2 is 1.59 bits per heavy atom. The number of thiocarbonyl (C=S) groups is 1. The smallest absolute Gasteiger partial charge is 0.257 e. The van der Waals surface area contributed by atoms with E-state index in [2.05, 4.69) is 26.6 Å². The van der Waals surface area contributed by atoms with Gasteiger partial charge >= 0.3 is 0 Å². The van der Waals surface area contributed by atoms with Crippen LogP contribution in [0.1, 0.15) is 27.0 Å². The van der Waals surface area contributed by atoms with Gasteiger partial charge in [-0.1, -0.05) is 33.6 Å².